The third-order valence-electron chi connectivity index (χ3n) is 2.15. The molecule has 0 aliphatic rings. The Morgan fingerprint density at radius 2 is 2.19 bits per heavy atom. The van der Waals surface area contributed by atoms with E-state index in [1.165, 1.54) is 0 Å². The molecule has 1 aromatic carbocycles. The van der Waals surface area contributed by atoms with Gasteiger partial charge in [0, 0.05) is 16.6 Å². The molecule has 0 amide bonds. The van der Waals surface area contributed by atoms with E-state index >= 15 is 0 Å². The molecule has 0 aromatic heterocycles. The van der Waals surface area contributed by atoms with E-state index in [1.54, 1.807) is 6.92 Å². The maximum absolute atomic E-state index is 9.23. The van der Waals surface area contributed by atoms with Gasteiger partial charge in [0.15, 0.2) is 0 Å². The van der Waals surface area contributed by atoms with E-state index in [1.807, 2.05) is 26.1 Å². The average Bonchev–Trinajstić information content (AvgIpc) is 2.16. The van der Waals surface area contributed by atoms with Crippen LogP contribution in [-0.4, -0.2) is 24.9 Å². The molecule has 0 saturated heterocycles. The molecule has 0 bridgehead atoms. The lowest BCUT2D eigenvalue weighted by atomic mass is 10.1. The van der Waals surface area contributed by atoms with Crippen LogP contribution in [0.1, 0.15) is 18.1 Å². The molecule has 90 valence electrons. The Balaban J connectivity index is 2.94. The lowest BCUT2D eigenvalue weighted by Gasteiger charge is -2.15. The Hall–Kier alpha value is -0.580. The highest BCUT2D eigenvalue weighted by Crippen LogP contribution is 2.28. The molecular weight excluding hydrogens is 270 g/mol. The van der Waals surface area contributed by atoms with Gasteiger partial charge in [-0.3, -0.25) is 0 Å². The molecule has 0 aliphatic carbocycles. The summed E-state index contributed by atoms with van der Waals surface area (Å²) in [6.07, 6.45) is -0.453. The first-order valence-corrected chi connectivity index (χ1v) is 6.08. The zero-order valence-corrected chi connectivity index (χ0v) is 11.5. The molecule has 0 spiro atoms. The van der Waals surface area contributed by atoms with Gasteiger partial charge >= 0.3 is 0 Å². The summed E-state index contributed by atoms with van der Waals surface area (Å²) >= 11 is 3.46. The van der Waals surface area contributed by atoms with E-state index in [0.717, 1.165) is 27.9 Å². The molecule has 0 fully saturated rings. The predicted molar refractivity (Wildman–Crippen MR) is 68.8 cm³/mol. The van der Waals surface area contributed by atoms with E-state index in [4.69, 9.17) is 4.74 Å². The first-order chi connectivity index (χ1) is 7.54. The fourth-order valence-electron chi connectivity index (χ4n) is 1.53. The smallest absolute Gasteiger partial charge is 0.126 e. The fourth-order valence-corrected chi connectivity index (χ4v) is 2.15. The minimum Gasteiger partial charge on any atom is -0.490 e. The molecule has 1 aromatic rings. The van der Waals surface area contributed by atoms with Crippen molar-refractivity contribution >= 4 is 15.9 Å². The highest BCUT2D eigenvalue weighted by molar-refractivity contribution is 9.10. The lowest BCUT2D eigenvalue weighted by Crippen LogP contribution is -2.15. The minimum absolute atomic E-state index is 0.319. The zero-order valence-electron chi connectivity index (χ0n) is 9.88. The second-order valence-corrected chi connectivity index (χ2v) is 4.82. The number of ether oxygens (including phenoxy) is 1. The summed E-state index contributed by atoms with van der Waals surface area (Å²) < 4.78 is 6.67. The quantitative estimate of drug-likeness (QED) is 0.873. The summed E-state index contributed by atoms with van der Waals surface area (Å²) in [5.74, 6) is 0.860. The van der Waals surface area contributed by atoms with Crippen LogP contribution in [0, 0.1) is 6.92 Å². The van der Waals surface area contributed by atoms with Gasteiger partial charge in [-0.1, -0.05) is 15.9 Å². The topological polar surface area (TPSA) is 41.5 Å². The normalized spacial score (nSPS) is 12.6. The molecule has 0 radical (unpaired) electrons. The summed E-state index contributed by atoms with van der Waals surface area (Å²) in [5, 5.41) is 12.3. The fraction of sp³-hybridized carbons (Fsp3) is 0.500. The summed E-state index contributed by atoms with van der Waals surface area (Å²) in [4.78, 5) is 0. The number of aryl methyl sites for hydroxylation is 1. The Kier molecular flexibility index (Phi) is 5.25. The molecule has 0 aliphatic heterocycles. The van der Waals surface area contributed by atoms with Crippen LogP contribution in [0.25, 0.3) is 0 Å². The highest BCUT2D eigenvalue weighted by Gasteiger charge is 2.09. The molecule has 1 atom stereocenters. The van der Waals surface area contributed by atoms with Crippen molar-refractivity contribution in [1.29, 1.82) is 0 Å². The van der Waals surface area contributed by atoms with Gasteiger partial charge in [0.2, 0.25) is 0 Å². The van der Waals surface area contributed by atoms with Crippen molar-refractivity contribution in [2.24, 2.45) is 0 Å². The largest absolute Gasteiger partial charge is 0.490 e. The minimum atomic E-state index is -0.453. The van der Waals surface area contributed by atoms with Gasteiger partial charge in [-0.05, 0) is 38.6 Å². The zero-order chi connectivity index (χ0) is 12.1. The maximum Gasteiger partial charge on any atom is 0.126 e. The van der Waals surface area contributed by atoms with Crippen molar-refractivity contribution in [3.63, 3.8) is 0 Å². The van der Waals surface area contributed by atoms with Crippen LogP contribution >= 0.6 is 15.9 Å². The monoisotopic (exact) mass is 287 g/mol. The summed E-state index contributed by atoms with van der Waals surface area (Å²) in [6.45, 7) is 4.78. The second kappa shape index (κ2) is 6.23. The van der Waals surface area contributed by atoms with Crippen LogP contribution in [0.3, 0.4) is 0 Å². The van der Waals surface area contributed by atoms with Gasteiger partial charge in [0.25, 0.3) is 0 Å². The third-order valence-corrected chi connectivity index (χ3v) is 2.61. The van der Waals surface area contributed by atoms with Crippen molar-refractivity contribution in [2.75, 3.05) is 13.7 Å². The van der Waals surface area contributed by atoms with Crippen LogP contribution in [0.4, 0.5) is 0 Å². The van der Waals surface area contributed by atoms with E-state index in [0.29, 0.717) is 6.61 Å². The Labute approximate surface area is 105 Å². The molecule has 1 rings (SSSR count). The number of hydrogen-bond donors (Lipinski definition) is 2. The van der Waals surface area contributed by atoms with Gasteiger partial charge < -0.3 is 15.2 Å². The number of hydrogen-bond acceptors (Lipinski definition) is 3. The number of nitrogens with one attached hydrogen (secondary N) is 1. The Bertz CT molecular complexity index is 353. The lowest BCUT2D eigenvalue weighted by molar-refractivity contribution is 0.121. The van der Waals surface area contributed by atoms with Crippen molar-refractivity contribution < 1.29 is 9.84 Å². The summed E-state index contributed by atoms with van der Waals surface area (Å²) in [5.41, 5.74) is 2.16. The first-order valence-electron chi connectivity index (χ1n) is 5.29. The van der Waals surface area contributed by atoms with Gasteiger partial charge in [-0.25, -0.2) is 0 Å². The van der Waals surface area contributed by atoms with E-state index in [9.17, 15) is 5.11 Å². The number of aliphatic hydroxyl groups is 1. The molecule has 4 heteroatoms. The van der Waals surface area contributed by atoms with E-state index < -0.39 is 6.10 Å². The van der Waals surface area contributed by atoms with E-state index in [2.05, 4.69) is 21.2 Å². The summed E-state index contributed by atoms with van der Waals surface area (Å²) in [6, 6.07) is 4.04. The Morgan fingerprint density at radius 3 is 2.75 bits per heavy atom. The predicted octanol–water partition coefficient (Wildman–Crippen LogP) is 2.24. The maximum atomic E-state index is 9.23. The molecular formula is C12H18BrNO2. The first kappa shape index (κ1) is 13.5. The van der Waals surface area contributed by atoms with Gasteiger partial charge in [-0.2, -0.15) is 0 Å². The molecule has 16 heavy (non-hydrogen) atoms. The number of benzene rings is 1. The SMILES string of the molecule is CNCc1cc(Br)cc(C)c1OCC(C)O. The van der Waals surface area contributed by atoms with Gasteiger partial charge in [0.1, 0.15) is 12.4 Å². The van der Waals surface area contributed by atoms with Gasteiger partial charge in [-0.15, -0.1) is 0 Å². The van der Waals surface area contributed by atoms with Crippen LogP contribution in [0.15, 0.2) is 16.6 Å². The van der Waals surface area contributed by atoms with Crippen LogP contribution in [0.2, 0.25) is 0 Å². The number of aliphatic hydroxyl groups excluding tert-OH is 1. The van der Waals surface area contributed by atoms with Crippen LogP contribution in [0.5, 0.6) is 5.75 Å². The molecule has 0 heterocycles. The molecule has 1 unspecified atom stereocenters. The van der Waals surface area contributed by atoms with Crippen LogP contribution < -0.4 is 10.1 Å². The average molecular weight is 288 g/mol. The van der Waals surface area contributed by atoms with Crippen molar-refractivity contribution in [1.82, 2.24) is 5.32 Å². The third kappa shape index (κ3) is 3.77. The van der Waals surface area contributed by atoms with Crippen molar-refractivity contribution in [3.05, 3.63) is 27.7 Å². The molecule has 0 saturated carbocycles. The van der Waals surface area contributed by atoms with Crippen LogP contribution in [-0.2, 0) is 6.54 Å². The second-order valence-electron chi connectivity index (χ2n) is 3.90. The molecule has 2 N–H and O–H groups in total. The van der Waals surface area contributed by atoms with Crippen molar-refractivity contribution in [2.45, 2.75) is 26.5 Å². The standard InChI is InChI=1S/C12H18BrNO2/c1-8-4-11(13)5-10(6-14-3)12(8)16-7-9(2)15/h4-5,9,14-15H,6-7H2,1-3H3. The van der Waals surface area contributed by atoms with Crippen molar-refractivity contribution in [3.8, 4) is 5.75 Å². The summed E-state index contributed by atoms with van der Waals surface area (Å²) in [7, 11) is 1.90. The highest BCUT2D eigenvalue weighted by atomic mass is 79.9. The Morgan fingerprint density at radius 1 is 1.50 bits per heavy atom. The number of halogens is 1. The number of rotatable bonds is 5. The van der Waals surface area contributed by atoms with Gasteiger partial charge in [0.05, 0.1) is 6.10 Å². The molecule has 3 nitrogen and oxygen atoms in total. The van der Waals surface area contributed by atoms with E-state index in [-0.39, 0.29) is 0 Å².